The molecule has 1 N–H and O–H groups in total. The standard InChI is InChI=1S/C15H12FN3O5S/c1-15(19-14(20)21)17-12-7-4-10(8-13(12)18-15)24-25(22,23)11-5-2-9(16)3-6-11/h2-8,19H,1H3,(H,20,21)/p-1. The second-order valence-electron chi connectivity index (χ2n) is 5.30. The Morgan fingerprint density at radius 3 is 2.44 bits per heavy atom. The van der Waals surface area contributed by atoms with E-state index in [0.717, 1.165) is 24.3 Å². The molecule has 130 valence electrons. The molecule has 2 aromatic carbocycles. The lowest BCUT2D eigenvalue weighted by atomic mass is 10.3. The number of carbonyl (C=O) groups excluding carboxylic acids is 1. The van der Waals surface area contributed by atoms with E-state index in [-0.39, 0.29) is 16.0 Å². The van der Waals surface area contributed by atoms with Crippen LogP contribution in [0.5, 0.6) is 5.75 Å². The van der Waals surface area contributed by atoms with Gasteiger partial charge >= 0.3 is 10.1 Å². The SMILES string of the molecule is CC1(NC(=O)[O-])N=c2ccc(OS(=O)(=O)c3ccc(F)cc3)cc2=N1. The summed E-state index contributed by atoms with van der Waals surface area (Å²) in [7, 11) is -4.15. The highest BCUT2D eigenvalue weighted by Gasteiger charge is 2.25. The van der Waals surface area contributed by atoms with Crippen molar-refractivity contribution in [1.29, 1.82) is 0 Å². The Morgan fingerprint density at radius 1 is 1.16 bits per heavy atom. The van der Waals surface area contributed by atoms with Gasteiger partial charge in [0.25, 0.3) is 0 Å². The molecule has 0 bridgehead atoms. The third-order valence-electron chi connectivity index (χ3n) is 3.27. The van der Waals surface area contributed by atoms with Crippen LogP contribution in [0, 0.1) is 5.82 Å². The number of rotatable bonds is 4. The van der Waals surface area contributed by atoms with Gasteiger partial charge in [-0.25, -0.2) is 14.4 Å². The molecule has 10 heteroatoms. The van der Waals surface area contributed by atoms with Crippen LogP contribution in [0.15, 0.2) is 57.3 Å². The first-order valence-electron chi connectivity index (χ1n) is 6.96. The minimum absolute atomic E-state index is 0.0419. The Bertz CT molecular complexity index is 1070. The highest BCUT2D eigenvalue weighted by atomic mass is 32.2. The van der Waals surface area contributed by atoms with Crippen molar-refractivity contribution in [2.75, 3.05) is 0 Å². The molecule has 0 fully saturated rings. The third-order valence-corrected chi connectivity index (χ3v) is 4.53. The van der Waals surface area contributed by atoms with Crippen LogP contribution in [0.25, 0.3) is 0 Å². The number of carboxylic acid groups (broad SMARTS) is 1. The van der Waals surface area contributed by atoms with Crippen LogP contribution in [0.3, 0.4) is 0 Å². The fourth-order valence-electron chi connectivity index (χ4n) is 2.26. The van der Waals surface area contributed by atoms with E-state index in [1.54, 1.807) is 0 Å². The van der Waals surface area contributed by atoms with Crippen molar-refractivity contribution >= 4 is 16.2 Å². The molecule has 0 saturated heterocycles. The average molecular weight is 364 g/mol. The summed E-state index contributed by atoms with van der Waals surface area (Å²) in [6.45, 7) is 1.42. The normalized spacial score (nSPS) is 18.6. The van der Waals surface area contributed by atoms with Crippen LogP contribution in [-0.2, 0) is 10.1 Å². The zero-order valence-corrected chi connectivity index (χ0v) is 13.6. The Balaban J connectivity index is 1.92. The molecule has 8 nitrogen and oxygen atoms in total. The van der Waals surface area contributed by atoms with E-state index in [0.29, 0.717) is 5.36 Å². The van der Waals surface area contributed by atoms with Crippen LogP contribution < -0.4 is 25.3 Å². The molecule has 1 unspecified atom stereocenters. The van der Waals surface area contributed by atoms with Crippen molar-refractivity contribution in [2.24, 2.45) is 9.98 Å². The summed E-state index contributed by atoms with van der Waals surface area (Å²) in [5.41, 5.74) is 0. The van der Waals surface area contributed by atoms with E-state index in [1.165, 1.54) is 25.1 Å². The largest absolute Gasteiger partial charge is 0.530 e. The van der Waals surface area contributed by atoms with Gasteiger partial charge in [-0.3, -0.25) is 0 Å². The van der Waals surface area contributed by atoms with Crippen LogP contribution >= 0.6 is 0 Å². The maximum atomic E-state index is 12.9. The molecule has 1 atom stereocenters. The maximum absolute atomic E-state index is 12.9. The lowest BCUT2D eigenvalue weighted by molar-refractivity contribution is -0.252. The maximum Gasteiger partial charge on any atom is 0.339 e. The first-order valence-corrected chi connectivity index (χ1v) is 8.37. The Kier molecular flexibility index (Phi) is 3.91. The van der Waals surface area contributed by atoms with E-state index < -0.39 is 27.8 Å². The molecular weight excluding hydrogens is 353 g/mol. The van der Waals surface area contributed by atoms with Gasteiger partial charge in [0, 0.05) is 13.0 Å². The van der Waals surface area contributed by atoms with Crippen molar-refractivity contribution in [3.8, 4) is 5.75 Å². The highest BCUT2D eigenvalue weighted by Crippen LogP contribution is 2.18. The van der Waals surface area contributed by atoms with E-state index in [2.05, 4.69) is 9.98 Å². The van der Waals surface area contributed by atoms with E-state index in [9.17, 15) is 22.7 Å². The molecule has 0 aliphatic carbocycles. The number of benzene rings is 2. The van der Waals surface area contributed by atoms with Crippen molar-refractivity contribution in [3.05, 3.63) is 59.0 Å². The second-order valence-corrected chi connectivity index (χ2v) is 6.85. The van der Waals surface area contributed by atoms with Crippen LogP contribution in [-0.4, -0.2) is 20.3 Å². The number of nitrogens with one attached hydrogen (secondary N) is 1. The third kappa shape index (κ3) is 3.58. The topological polar surface area (TPSA) is 120 Å². The summed E-state index contributed by atoms with van der Waals surface area (Å²) < 4.78 is 42.3. The minimum atomic E-state index is -4.15. The number of hydrogen-bond donors (Lipinski definition) is 1. The van der Waals surface area contributed by atoms with Crippen molar-refractivity contribution < 1.29 is 26.9 Å². The van der Waals surface area contributed by atoms with Gasteiger partial charge in [0.1, 0.15) is 22.6 Å². The molecular formula is C15H11FN3O5S-. The van der Waals surface area contributed by atoms with Gasteiger partial charge in [0.2, 0.25) is 5.79 Å². The molecule has 1 aliphatic rings. The summed E-state index contributed by atoms with van der Waals surface area (Å²) in [5, 5.41) is 13.3. The first-order chi connectivity index (χ1) is 11.7. The molecule has 25 heavy (non-hydrogen) atoms. The Hall–Kier alpha value is -3.01. The zero-order chi connectivity index (χ0) is 18.2. The molecule has 2 aromatic rings. The van der Waals surface area contributed by atoms with Gasteiger partial charge in [-0.2, -0.15) is 8.42 Å². The number of halogens is 1. The highest BCUT2D eigenvalue weighted by molar-refractivity contribution is 7.87. The molecule has 1 amide bonds. The Morgan fingerprint density at radius 2 is 1.80 bits per heavy atom. The molecule has 0 aromatic heterocycles. The fraction of sp³-hybridized carbons (Fsp3) is 0.133. The summed E-state index contributed by atoms with van der Waals surface area (Å²) in [6.07, 6.45) is -1.54. The Labute approximate surface area is 141 Å². The predicted octanol–water partition coefficient (Wildman–Crippen LogP) is -0.547. The quantitative estimate of drug-likeness (QED) is 0.730. The molecule has 3 rings (SSSR count). The van der Waals surface area contributed by atoms with Gasteiger partial charge in [0.05, 0.1) is 10.7 Å². The van der Waals surface area contributed by atoms with Crippen LogP contribution in [0.1, 0.15) is 6.92 Å². The lowest BCUT2D eigenvalue weighted by Crippen LogP contribution is -2.48. The summed E-state index contributed by atoms with van der Waals surface area (Å²) in [4.78, 5) is 18.6. The number of fused-ring (bicyclic) bond motifs is 1. The minimum Gasteiger partial charge on any atom is -0.530 e. The number of amides is 1. The fourth-order valence-corrected chi connectivity index (χ4v) is 3.18. The lowest BCUT2D eigenvalue weighted by Gasteiger charge is -2.20. The van der Waals surface area contributed by atoms with Crippen LogP contribution in [0.2, 0.25) is 0 Å². The number of nitrogens with zero attached hydrogens (tertiary/aromatic N) is 2. The van der Waals surface area contributed by atoms with E-state index >= 15 is 0 Å². The number of hydrogen-bond acceptors (Lipinski definition) is 7. The summed E-state index contributed by atoms with van der Waals surface area (Å²) >= 11 is 0. The van der Waals surface area contributed by atoms with Crippen molar-refractivity contribution in [3.63, 3.8) is 0 Å². The molecule has 0 saturated carbocycles. The van der Waals surface area contributed by atoms with Crippen molar-refractivity contribution in [2.45, 2.75) is 17.6 Å². The van der Waals surface area contributed by atoms with Gasteiger partial charge in [-0.1, -0.05) is 0 Å². The summed E-state index contributed by atoms with van der Waals surface area (Å²) in [5.74, 6) is -2.06. The first kappa shape index (κ1) is 16.8. The van der Waals surface area contributed by atoms with Gasteiger partial charge in [-0.05, 0) is 36.4 Å². The monoisotopic (exact) mass is 364 g/mol. The van der Waals surface area contributed by atoms with E-state index in [4.69, 9.17) is 4.18 Å². The van der Waals surface area contributed by atoms with Gasteiger partial charge in [0.15, 0.2) is 0 Å². The second kappa shape index (κ2) is 5.81. The van der Waals surface area contributed by atoms with Crippen LogP contribution in [0.4, 0.5) is 9.18 Å². The van der Waals surface area contributed by atoms with Gasteiger partial charge in [-0.15, -0.1) is 0 Å². The van der Waals surface area contributed by atoms with E-state index in [1.807, 2.05) is 5.32 Å². The molecule has 0 spiro atoms. The molecule has 0 radical (unpaired) electrons. The van der Waals surface area contributed by atoms with Crippen molar-refractivity contribution in [1.82, 2.24) is 5.32 Å². The van der Waals surface area contributed by atoms with Gasteiger partial charge < -0.3 is 19.4 Å². The molecule has 1 heterocycles. The zero-order valence-electron chi connectivity index (χ0n) is 12.8. The number of carbonyl (C=O) groups is 1. The smallest absolute Gasteiger partial charge is 0.339 e. The average Bonchev–Trinajstić information content (AvgIpc) is 2.81. The summed E-state index contributed by atoms with van der Waals surface area (Å²) in [6, 6.07) is 8.27. The molecule has 1 aliphatic heterocycles. The predicted molar refractivity (Wildman–Crippen MR) is 79.9 cm³/mol.